The Kier molecular flexibility index (Phi) is 2.76. The van der Waals surface area contributed by atoms with E-state index in [1.165, 1.54) is 7.11 Å². The molecular formula is C11H14ClNO2. The van der Waals surface area contributed by atoms with Crippen LogP contribution in [0.5, 0.6) is 11.5 Å². The van der Waals surface area contributed by atoms with Gasteiger partial charge in [0, 0.05) is 16.7 Å². The largest absolute Gasteiger partial charge is 0.504 e. The normalized spacial score (nSPS) is 23.9. The fourth-order valence-corrected chi connectivity index (χ4v) is 2.14. The van der Waals surface area contributed by atoms with Crippen LogP contribution in [0.2, 0.25) is 5.02 Å². The summed E-state index contributed by atoms with van der Waals surface area (Å²) in [6, 6.07) is 3.40. The van der Waals surface area contributed by atoms with Gasteiger partial charge in [0.05, 0.1) is 7.11 Å². The quantitative estimate of drug-likeness (QED) is 0.832. The second-order valence-corrected chi connectivity index (χ2v) is 4.32. The van der Waals surface area contributed by atoms with Crippen LogP contribution in [-0.2, 0) is 0 Å². The molecular weight excluding hydrogens is 214 g/mol. The van der Waals surface area contributed by atoms with Crippen LogP contribution in [0, 0.1) is 5.92 Å². The fraction of sp³-hybridized carbons (Fsp3) is 0.455. The molecule has 0 saturated heterocycles. The van der Waals surface area contributed by atoms with E-state index >= 15 is 0 Å². The molecule has 1 aromatic carbocycles. The monoisotopic (exact) mass is 227 g/mol. The lowest BCUT2D eigenvalue weighted by atomic mass is 10.1. The van der Waals surface area contributed by atoms with Gasteiger partial charge >= 0.3 is 0 Å². The first kappa shape index (κ1) is 10.6. The molecule has 4 heteroatoms. The SMILES string of the molecule is COc1cc(Cl)cc([C@@H]2C[C@H]2CN)c1O. The van der Waals surface area contributed by atoms with Gasteiger partial charge in [0.25, 0.3) is 0 Å². The number of rotatable bonds is 3. The summed E-state index contributed by atoms with van der Waals surface area (Å²) in [6.07, 6.45) is 1.02. The highest BCUT2D eigenvalue weighted by atomic mass is 35.5. The zero-order valence-corrected chi connectivity index (χ0v) is 9.29. The van der Waals surface area contributed by atoms with E-state index in [4.69, 9.17) is 22.1 Å². The minimum absolute atomic E-state index is 0.197. The van der Waals surface area contributed by atoms with E-state index in [1.54, 1.807) is 12.1 Å². The van der Waals surface area contributed by atoms with Gasteiger partial charge in [0.15, 0.2) is 11.5 Å². The first-order chi connectivity index (χ1) is 7.17. The van der Waals surface area contributed by atoms with Crippen molar-refractivity contribution in [3.63, 3.8) is 0 Å². The first-order valence-electron chi connectivity index (χ1n) is 4.93. The predicted molar refractivity (Wildman–Crippen MR) is 59.6 cm³/mol. The molecule has 0 heterocycles. The third-order valence-corrected chi connectivity index (χ3v) is 3.13. The topological polar surface area (TPSA) is 55.5 Å². The van der Waals surface area contributed by atoms with Crippen LogP contribution in [0.1, 0.15) is 17.9 Å². The van der Waals surface area contributed by atoms with Crippen LogP contribution in [0.25, 0.3) is 0 Å². The molecule has 2 rings (SSSR count). The third-order valence-electron chi connectivity index (χ3n) is 2.91. The molecule has 3 nitrogen and oxygen atoms in total. The molecule has 1 aliphatic rings. The van der Waals surface area contributed by atoms with E-state index < -0.39 is 0 Å². The Morgan fingerprint density at radius 1 is 1.60 bits per heavy atom. The minimum Gasteiger partial charge on any atom is -0.504 e. The number of hydrogen-bond donors (Lipinski definition) is 2. The van der Waals surface area contributed by atoms with Gasteiger partial charge in [-0.15, -0.1) is 0 Å². The number of methoxy groups -OCH3 is 1. The van der Waals surface area contributed by atoms with Gasteiger partial charge in [-0.05, 0) is 30.9 Å². The average Bonchev–Trinajstić information content (AvgIpc) is 3.00. The van der Waals surface area contributed by atoms with Gasteiger partial charge in [-0.1, -0.05) is 11.6 Å². The van der Waals surface area contributed by atoms with Crippen LogP contribution in [0.4, 0.5) is 0 Å². The number of halogens is 1. The molecule has 0 unspecified atom stereocenters. The smallest absolute Gasteiger partial charge is 0.162 e. The number of phenolic OH excluding ortho intramolecular Hbond substituents is 1. The molecule has 2 atom stereocenters. The zero-order chi connectivity index (χ0) is 11.0. The highest BCUT2D eigenvalue weighted by Crippen LogP contribution is 2.52. The lowest BCUT2D eigenvalue weighted by Gasteiger charge is -2.09. The Labute approximate surface area is 93.8 Å². The van der Waals surface area contributed by atoms with Gasteiger partial charge in [0.2, 0.25) is 0 Å². The van der Waals surface area contributed by atoms with Crippen molar-refractivity contribution in [3.8, 4) is 11.5 Å². The van der Waals surface area contributed by atoms with Crippen molar-refractivity contribution in [1.29, 1.82) is 0 Å². The molecule has 1 fully saturated rings. The van der Waals surface area contributed by atoms with Crippen LogP contribution < -0.4 is 10.5 Å². The molecule has 0 spiro atoms. The van der Waals surface area contributed by atoms with Crippen molar-refractivity contribution in [3.05, 3.63) is 22.7 Å². The Morgan fingerprint density at radius 3 is 2.87 bits per heavy atom. The van der Waals surface area contributed by atoms with Crippen LogP contribution in [0.15, 0.2) is 12.1 Å². The Bertz CT molecular complexity index is 381. The van der Waals surface area contributed by atoms with Gasteiger partial charge in [0.1, 0.15) is 0 Å². The predicted octanol–water partition coefficient (Wildman–Crippen LogP) is 2.12. The highest BCUT2D eigenvalue weighted by Gasteiger charge is 2.39. The number of ether oxygens (including phenoxy) is 1. The van der Waals surface area contributed by atoms with E-state index in [0.717, 1.165) is 12.0 Å². The molecule has 1 aliphatic carbocycles. The first-order valence-corrected chi connectivity index (χ1v) is 5.31. The second kappa shape index (κ2) is 3.91. The number of phenols is 1. The Morgan fingerprint density at radius 2 is 2.33 bits per heavy atom. The maximum atomic E-state index is 9.91. The molecule has 0 amide bonds. The van der Waals surface area contributed by atoms with Crippen molar-refractivity contribution in [2.45, 2.75) is 12.3 Å². The van der Waals surface area contributed by atoms with Crippen molar-refractivity contribution in [1.82, 2.24) is 0 Å². The Balaban J connectivity index is 2.35. The summed E-state index contributed by atoms with van der Waals surface area (Å²) in [4.78, 5) is 0. The molecule has 0 radical (unpaired) electrons. The van der Waals surface area contributed by atoms with E-state index in [1.807, 2.05) is 0 Å². The molecule has 82 valence electrons. The molecule has 1 aromatic rings. The summed E-state index contributed by atoms with van der Waals surface area (Å²) >= 11 is 5.94. The molecule has 0 aliphatic heterocycles. The maximum absolute atomic E-state index is 9.91. The van der Waals surface area contributed by atoms with E-state index in [-0.39, 0.29) is 5.75 Å². The maximum Gasteiger partial charge on any atom is 0.162 e. The fourth-order valence-electron chi connectivity index (χ4n) is 1.92. The van der Waals surface area contributed by atoms with Crippen molar-refractivity contribution >= 4 is 11.6 Å². The van der Waals surface area contributed by atoms with Crippen LogP contribution in [-0.4, -0.2) is 18.8 Å². The zero-order valence-electron chi connectivity index (χ0n) is 8.53. The number of aromatic hydroxyl groups is 1. The Hall–Kier alpha value is -0.930. The number of benzene rings is 1. The van der Waals surface area contributed by atoms with Gasteiger partial charge in [-0.2, -0.15) is 0 Å². The van der Waals surface area contributed by atoms with Gasteiger partial charge in [-0.25, -0.2) is 0 Å². The summed E-state index contributed by atoms with van der Waals surface area (Å²) in [5.41, 5.74) is 6.43. The van der Waals surface area contributed by atoms with Crippen LogP contribution >= 0.6 is 11.6 Å². The lowest BCUT2D eigenvalue weighted by molar-refractivity contribution is 0.370. The third kappa shape index (κ3) is 1.90. The molecule has 0 aromatic heterocycles. The molecule has 15 heavy (non-hydrogen) atoms. The van der Waals surface area contributed by atoms with Gasteiger partial charge in [-0.3, -0.25) is 0 Å². The summed E-state index contributed by atoms with van der Waals surface area (Å²) in [5.74, 6) is 1.43. The van der Waals surface area contributed by atoms with E-state index in [2.05, 4.69) is 0 Å². The van der Waals surface area contributed by atoms with E-state index in [0.29, 0.717) is 29.2 Å². The second-order valence-electron chi connectivity index (χ2n) is 3.88. The van der Waals surface area contributed by atoms with Crippen molar-refractivity contribution in [2.24, 2.45) is 11.7 Å². The summed E-state index contributed by atoms with van der Waals surface area (Å²) in [7, 11) is 1.52. The minimum atomic E-state index is 0.197. The van der Waals surface area contributed by atoms with Crippen molar-refractivity contribution < 1.29 is 9.84 Å². The van der Waals surface area contributed by atoms with Crippen LogP contribution in [0.3, 0.4) is 0 Å². The summed E-state index contributed by atoms with van der Waals surface area (Å²) in [5, 5.41) is 10.5. The molecule has 0 bridgehead atoms. The van der Waals surface area contributed by atoms with Crippen molar-refractivity contribution in [2.75, 3.05) is 13.7 Å². The summed E-state index contributed by atoms with van der Waals surface area (Å²) in [6.45, 7) is 0.652. The average molecular weight is 228 g/mol. The summed E-state index contributed by atoms with van der Waals surface area (Å²) < 4.78 is 5.05. The standard InChI is InChI=1S/C11H14ClNO2/c1-15-10-4-7(12)3-9(11(10)14)8-2-6(8)5-13/h3-4,6,8,14H,2,5,13H2,1H3/t6-,8+/m0/s1. The molecule has 3 N–H and O–H groups in total. The molecule has 1 saturated carbocycles. The number of nitrogens with two attached hydrogens (primary N) is 1. The van der Waals surface area contributed by atoms with E-state index in [9.17, 15) is 5.11 Å². The highest BCUT2D eigenvalue weighted by molar-refractivity contribution is 6.30. The lowest BCUT2D eigenvalue weighted by Crippen LogP contribution is -2.02. The number of hydrogen-bond acceptors (Lipinski definition) is 3. The van der Waals surface area contributed by atoms with Gasteiger partial charge < -0.3 is 15.6 Å².